The molecule has 194 valence electrons. The number of hydrogen-bond acceptors (Lipinski definition) is 5. The number of nitrogens with one attached hydrogen (secondary N) is 2. The maximum Gasteiger partial charge on any atom is 0.244 e. The van der Waals surface area contributed by atoms with E-state index in [4.69, 9.17) is 0 Å². The Morgan fingerprint density at radius 1 is 0.921 bits per heavy atom. The summed E-state index contributed by atoms with van der Waals surface area (Å²) in [5.41, 5.74) is 3.47. The molecule has 1 fully saturated rings. The van der Waals surface area contributed by atoms with Gasteiger partial charge in [-0.2, -0.15) is 0 Å². The Morgan fingerprint density at radius 2 is 1.68 bits per heavy atom. The van der Waals surface area contributed by atoms with E-state index >= 15 is 0 Å². The fraction of sp³-hybridized carbons (Fsp3) is 0.233. The number of anilines is 2. The Labute approximate surface area is 239 Å². The maximum atomic E-state index is 13.5. The van der Waals surface area contributed by atoms with Gasteiger partial charge < -0.3 is 10.6 Å². The number of rotatable bonds is 8. The number of carbonyl (C=O) groups excluding carboxylic acids is 2. The molecule has 5 rings (SSSR count). The molecule has 1 aliphatic rings. The largest absolute Gasteiger partial charge is 0.326 e. The average molecular weight is 607 g/mol. The van der Waals surface area contributed by atoms with Crippen molar-refractivity contribution in [2.24, 2.45) is 5.92 Å². The van der Waals surface area contributed by atoms with E-state index in [0.29, 0.717) is 5.13 Å². The second-order valence-electron chi connectivity index (χ2n) is 9.29. The van der Waals surface area contributed by atoms with Crippen molar-refractivity contribution in [2.45, 2.75) is 42.2 Å². The van der Waals surface area contributed by atoms with Crippen molar-refractivity contribution in [3.8, 4) is 11.3 Å². The first-order valence-corrected chi connectivity index (χ1v) is 15.3. The zero-order valence-electron chi connectivity index (χ0n) is 20.7. The lowest BCUT2D eigenvalue weighted by Gasteiger charge is -2.21. The third-order valence-electron chi connectivity index (χ3n) is 6.55. The maximum absolute atomic E-state index is 13.5. The van der Waals surface area contributed by atoms with Gasteiger partial charge in [0.2, 0.25) is 11.8 Å². The number of aromatic nitrogens is 1. The first kappa shape index (κ1) is 26.7. The van der Waals surface area contributed by atoms with Gasteiger partial charge in [0, 0.05) is 31.9 Å². The zero-order valence-corrected chi connectivity index (χ0v) is 24.0. The second kappa shape index (κ2) is 12.7. The third-order valence-corrected chi connectivity index (χ3v) is 9.08. The summed E-state index contributed by atoms with van der Waals surface area (Å²) < 4.78 is 1.00. The molecule has 1 aliphatic carbocycles. The molecule has 1 saturated carbocycles. The lowest BCUT2D eigenvalue weighted by molar-refractivity contribution is -0.120. The van der Waals surface area contributed by atoms with Crippen molar-refractivity contribution in [1.29, 1.82) is 0 Å². The van der Waals surface area contributed by atoms with Crippen molar-refractivity contribution in [2.75, 3.05) is 10.6 Å². The van der Waals surface area contributed by atoms with Crippen LogP contribution in [-0.2, 0) is 9.59 Å². The Kier molecular flexibility index (Phi) is 8.94. The number of benzene rings is 3. The molecule has 0 bridgehead atoms. The van der Waals surface area contributed by atoms with Crippen LogP contribution >= 0.6 is 39.0 Å². The molecule has 8 heteroatoms. The van der Waals surface area contributed by atoms with Crippen LogP contribution in [0.1, 0.15) is 42.9 Å². The van der Waals surface area contributed by atoms with E-state index in [1.54, 1.807) is 0 Å². The van der Waals surface area contributed by atoms with Gasteiger partial charge in [-0.15, -0.1) is 23.1 Å². The molecule has 3 aromatic carbocycles. The molecular weight excluding hydrogens is 578 g/mol. The van der Waals surface area contributed by atoms with Crippen LogP contribution in [-0.4, -0.2) is 16.8 Å². The normalized spacial score (nSPS) is 14.6. The molecule has 2 N–H and O–H groups in total. The summed E-state index contributed by atoms with van der Waals surface area (Å²) in [6, 6.07) is 25.4. The number of carbonyl (C=O) groups is 2. The first-order chi connectivity index (χ1) is 18.5. The van der Waals surface area contributed by atoms with Gasteiger partial charge in [0.25, 0.3) is 0 Å². The van der Waals surface area contributed by atoms with Crippen LogP contribution in [0.2, 0.25) is 0 Å². The Bertz CT molecular complexity index is 1390. The van der Waals surface area contributed by atoms with Gasteiger partial charge in [-0.25, -0.2) is 4.98 Å². The quantitative estimate of drug-likeness (QED) is 0.197. The minimum atomic E-state index is -0.486. The van der Waals surface area contributed by atoms with Crippen LogP contribution in [0.25, 0.3) is 11.3 Å². The van der Waals surface area contributed by atoms with Crippen LogP contribution in [0.5, 0.6) is 0 Å². The predicted octanol–water partition coefficient (Wildman–Crippen LogP) is 8.56. The topological polar surface area (TPSA) is 71.1 Å². The fourth-order valence-corrected chi connectivity index (χ4v) is 6.62. The molecule has 0 saturated heterocycles. The lowest BCUT2D eigenvalue weighted by atomic mass is 9.88. The van der Waals surface area contributed by atoms with E-state index in [1.807, 2.05) is 84.2 Å². The van der Waals surface area contributed by atoms with E-state index in [9.17, 15) is 9.59 Å². The number of nitrogens with zero attached hydrogens (tertiary/aromatic N) is 1. The zero-order chi connectivity index (χ0) is 26.3. The van der Waals surface area contributed by atoms with Gasteiger partial charge in [-0.05, 0) is 48.7 Å². The van der Waals surface area contributed by atoms with E-state index in [0.717, 1.165) is 57.6 Å². The van der Waals surface area contributed by atoms with Gasteiger partial charge in [0.15, 0.2) is 5.13 Å². The van der Waals surface area contributed by atoms with E-state index in [2.05, 4.69) is 31.5 Å². The SMILES string of the molecule is O=C(Nc1cccc(SC(C(=O)Nc2nc(-c3ccc(Br)cc3)cs2)c2ccccc2)c1)C1CCCCC1. The smallest absolute Gasteiger partial charge is 0.244 e. The number of hydrogen-bond donors (Lipinski definition) is 2. The van der Waals surface area contributed by atoms with Gasteiger partial charge >= 0.3 is 0 Å². The average Bonchev–Trinajstić information content (AvgIpc) is 3.41. The summed E-state index contributed by atoms with van der Waals surface area (Å²) in [5, 5.41) is 8.13. The fourth-order valence-electron chi connectivity index (χ4n) is 4.55. The molecule has 0 aliphatic heterocycles. The summed E-state index contributed by atoms with van der Waals surface area (Å²) in [4.78, 5) is 31.8. The molecule has 2 amide bonds. The number of halogens is 1. The van der Waals surface area contributed by atoms with Gasteiger partial charge in [-0.3, -0.25) is 9.59 Å². The van der Waals surface area contributed by atoms with Crippen LogP contribution in [0.3, 0.4) is 0 Å². The molecule has 1 aromatic heterocycles. The highest BCUT2D eigenvalue weighted by atomic mass is 79.9. The molecule has 5 nitrogen and oxygen atoms in total. The molecule has 4 aromatic rings. The molecule has 1 unspecified atom stereocenters. The molecule has 0 spiro atoms. The minimum Gasteiger partial charge on any atom is -0.326 e. The van der Waals surface area contributed by atoms with Crippen molar-refractivity contribution < 1.29 is 9.59 Å². The predicted molar refractivity (Wildman–Crippen MR) is 161 cm³/mol. The van der Waals surface area contributed by atoms with E-state index < -0.39 is 5.25 Å². The first-order valence-electron chi connectivity index (χ1n) is 12.7. The van der Waals surface area contributed by atoms with Crippen LogP contribution in [0, 0.1) is 5.92 Å². The Hall–Kier alpha value is -2.94. The van der Waals surface area contributed by atoms with Crippen LogP contribution in [0.15, 0.2) is 93.6 Å². The summed E-state index contributed by atoms with van der Waals surface area (Å²) in [7, 11) is 0. The summed E-state index contributed by atoms with van der Waals surface area (Å²) in [6.07, 6.45) is 5.36. The van der Waals surface area contributed by atoms with Crippen molar-refractivity contribution in [3.05, 3.63) is 94.3 Å². The monoisotopic (exact) mass is 605 g/mol. The summed E-state index contributed by atoms with van der Waals surface area (Å²) in [6.45, 7) is 0. The highest BCUT2D eigenvalue weighted by molar-refractivity contribution is 9.10. The number of amides is 2. The molecular formula is C30H28BrN3O2S2. The van der Waals surface area contributed by atoms with Gasteiger partial charge in [0.05, 0.1) is 5.69 Å². The van der Waals surface area contributed by atoms with Crippen LogP contribution in [0.4, 0.5) is 10.8 Å². The lowest BCUT2D eigenvalue weighted by Crippen LogP contribution is -2.24. The molecule has 0 radical (unpaired) electrons. The second-order valence-corrected chi connectivity index (χ2v) is 12.2. The summed E-state index contributed by atoms with van der Waals surface area (Å²) >= 11 is 6.32. The van der Waals surface area contributed by atoms with Crippen molar-refractivity contribution in [1.82, 2.24) is 4.98 Å². The van der Waals surface area contributed by atoms with Crippen molar-refractivity contribution in [3.63, 3.8) is 0 Å². The van der Waals surface area contributed by atoms with Crippen molar-refractivity contribution >= 4 is 61.7 Å². The summed E-state index contributed by atoms with van der Waals surface area (Å²) in [5.74, 6) is 0.0348. The van der Waals surface area contributed by atoms with Crippen LogP contribution < -0.4 is 10.6 Å². The number of thiazole rings is 1. The number of thioether (sulfide) groups is 1. The standard InChI is InChI=1S/C30H28BrN3O2S2/c31-23-16-14-20(15-17-23)26-19-37-30(33-26)34-29(36)27(21-8-3-1-4-9-21)38-25-13-7-12-24(18-25)32-28(35)22-10-5-2-6-11-22/h1,3-4,7-9,12-19,22,27H,2,5-6,10-11H2,(H,32,35)(H,33,34,36). The highest BCUT2D eigenvalue weighted by Crippen LogP contribution is 2.38. The Morgan fingerprint density at radius 3 is 2.45 bits per heavy atom. The molecule has 38 heavy (non-hydrogen) atoms. The molecule has 1 heterocycles. The molecule has 1 atom stereocenters. The Balaban J connectivity index is 1.31. The van der Waals surface area contributed by atoms with E-state index in [-0.39, 0.29) is 17.7 Å². The van der Waals surface area contributed by atoms with Gasteiger partial charge in [0.1, 0.15) is 5.25 Å². The van der Waals surface area contributed by atoms with Gasteiger partial charge in [-0.1, -0.05) is 83.7 Å². The third kappa shape index (κ3) is 6.92. The highest BCUT2D eigenvalue weighted by Gasteiger charge is 2.24. The van der Waals surface area contributed by atoms with E-state index in [1.165, 1.54) is 29.5 Å². The minimum absolute atomic E-state index is 0.0866.